The third-order valence-corrected chi connectivity index (χ3v) is 5.03. The summed E-state index contributed by atoms with van der Waals surface area (Å²) in [6.45, 7) is -2.62. The van der Waals surface area contributed by atoms with Crippen LogP contribution in [0.1, 0.15) is 10.4 Å². The summed E-state index contributed by atoms with van der Waals surface area (Å²) in [6.07, 6.45) is 0. The fraction of sp³-hybridized carbons (Fsp3) is 0.312. The van der Waals surface area contributed by atoms with E-state index in [0.29, 0.717) is 12.3 Å². The molecule has 0 aliphatic rings. The Morgan fingerprint density at radius 1 is 1.33 bits per heavy atom. The van der Waals surface area contributed by atoms with Crippen molar-refractivity contribution in [2.75, 3.05) is 12.9 Å². The van der Waals surface area contributed by atoms with E-state index in [1.165, 1.54) is 18.1 Å². The first-order valence-electron chi connectivity index (χ1n) is 7.07. The lowest BCUT2D eigenvalue weighted by molar-refractivity contribution is -0.118. The van der Waals surface area contributed by atoms with Crippen LogP contribution in [0.3, 0.4) is 0 Å². The molecule has 0 radical (unpaired) electrons. The molecule has 8 heteroatoms. The number of methoxy groups -OCH3 is 1. The van der Waals surface area contributed by atoms with Gasteiger partial charge in [-0.05, 0) is 29.1 Å². The molecule has 1 amide bonds. The van der Waals surface area contributed by atoms with Gasteiger partial charge in [-0.15, -0.1) is 23.1 Å². The molecule has 4 nitrogen and oxygen atoms in total. The predicted molar refractivity (Wildman–Crippen MR) is 92.0 cm³/mol. The number of thiophene rings is 1. The van der Waals surface area contributed by atoms with Gasteiger partial charge in [0.05, 0.1) is 12.9 Å². The van der Waals surface area contributed by atoms with Gasteiger partial charge < -0.3 is 14.8 Å². The molecule has 24 heavy (non-hydrogen) atoms. The summed E-state index contributed by atoms with van der Waals surface area (Å²) in [7, 11) is 1.37. The molecule has 0 saturated heterocycles. The standard InChI is InChI=1S/C16H17F2NO3S2/c1-21-14-7-11(4-5-13(14)22-16(17)18)8-19-15(20)10-23-9-12-3-2-6-24-12/h2-7,16H,8-10H2,1H3,(H,19,20). The van der Waals surface area contributed by atoms with Crippen LogP contribution < -0.4 is 14.8 Å². The molecule has 2 rings (SSSR count). The van der Waals surface area contributed by atoms with Crippen LogP contribution in [-0.4, -0.2) is 25.4 Å². The second-order valence-corrected chi connectivity index (χ2v) is 6.73. The van der Waals surface area contributed by atoms with Gasteiger partial charge in [-0.25, -0.2) is 0 Å². The number of nitrogens with one attached hydrogen (secondary N) is 1. The SMILES string of the molecule is COc1cc(CNC(=O)CSCc2cccs2)ccc1OC(F)F. The van der Waals surface area contributed by atoms with Crippen molar-refractivity contribution in [2.45, 2.75) is 18.9 Å². The Balaban J connectivity index is 1.79. The molecule has 0 spiro atoms. The molecule has 1 N–H and O–H groups in total. The lowest BCUT2D eigenvalue weighted by Gasteiger charge is -2.12. The molecule has 0 bridgehead atoms. The highest BCUT2D eigenvalue weighted by Gasteiger charge is 2.11. The smallest absolute Gasteiger partial charge is 0.387 e. The summed E-state index contributed by atoms with van der Waals surface area (Å²) in [5, 5.41) is 4.79. The Hall–Kier alpha value is -1.80. The number of ether oxygens (including phenoxy) is 2. The van der Waals surface area contributed by atoms with Crippen LogP contribution in [0.25, 0.3) is 0 Å². The maximum Gasteiger partial charge on any atom is 0.387 e. The average Bonchev–Trinajstić information content (AvgIpc) is 3.06. The van der Waals surface area contributed by atoms with Gasteiger partial charge in [0.2, 0.25) is 5.91 Å². The highest BCUT2D eigenvalue weighted by atomic mass is 32.2. The van der Waals surface area contributed by atoms with E-state index in [1.54, 1.807) is 35.2 Å². The van der Waals surface area contributed by atoms with Gasteiger partial charge in [-0.2, -0.15) is 8.78 Å². The number of carbonyl (C=O) groups is 1. The minimum atomic E-state index is -2.91. The molecule has 1 aromatic carbocycles. The molecular formula is C16H17F2NO3S2. The summed E-state index contributed by atoms with van der Waals surface area (Å²) < 4.78 is 33.9. The number of hydrogen-bond acceptors (Lipinski definition) is 5. The van der Waals surface area contributed by atoms with Gasteiger partial charge in [0.1, 0.15) is 0 Å². The predicted octanol–water partition coefficient (Wildman–Crippen LogP) is 3.91. The van der Waals surface area contributed by atoms with Gasteiger partial charge in [0.15, 0.2) is 11.5 Å². The molecule has 0 aliphatic carbocycles. The summed E-state index contributed by atoms with van der Waals surface area (Å²) in [5.74, 6) is 1.26. The van der Waals surface area contributed by atoms with Crippen molar-refractivity contribution >= 4 is 29.0 Å². The van der Waals surface area contributed by atoms with Gasteiger partial charge >= 0.3 is 6.61 Å². The Kier molecular flexibility index (Phi) is 7.33. The Morgan fingerprint density at radius 3 is 2.83 bits per heavy atom. The summed E-state index contributed by atoms with van der Waals surface area (Å²) in [5.41, 5.74) is 0.741. The Labute approximate surface area is 147 Å². The van der Waals surface area contributed by atoms with Crippen molar-refractivity contribution < 1.29 is 23.0 Å². The number of alkyl halides is 2. The minimum Gasteiger partial charge on any atom is -0.493 e. The van der Waals surface area contributed by atoms with Crippen LogP contribution in [0.2, 0.25) is 0 Å². The normalized spacial score (nSPS) is 10.7. The molecule has 0 atom stereocenters. The Bertz CT molecular complexity index is 651. The Morgan fingerprint density at radius 2 is 2.17 bits per heavy atom. The lowest BCUT2D eigenvalue weighted by Crippen LogP contribution is -2.24. The van der Waals surface area contributed by atoms with Crippen molar-refractivity contribution in [3.63, 3.8) is 0 Å². The van der Waals surface area contributed by atoms with Gasteiger partial charge in [-0.3, -0.25) is 4.79 Å². The number of benzene rings is 1. The first-order valence-corrected chi connectivity index (χ1v) is 9.10. The first-order chi connectivity index (χ1) is 11.6. The number of carbonyl (C=O) groups excluding carboxylic acids is 1. The summed E-state index contributed by atoms with van der Waals surface area (Å²) in [6, 6.07) is 8.59. The zero-order chi connectivity index (χ0) is 17.4. The average molecular weight is 373 g/mol. The van der Waals surface area contributed by atoms with Crippen LogP contribution in [0.4, 0.5) is 8.78 Å². The number of amides is 1. The van der Waals surface area contributed by atoms with Crippen molar-refractivity contribution in [3.05, 3.63) is 46.2 Å². The van der Waals surface area contributed by atoms with Gasteiger partial charge in [0.25, 0.3) is 0 Å². The zero-order valence-corrected chi connectivity index (χ0v) is 14.6. The molecular weight excluding hydrogens is 356 g/mol. The molecule has 2 aromatic rings. The van der Waals surface area contributed by atoms with Crippen molar-refractivity contribution in [1.29, 1.82) is 0 Å². The van der Waals surface area contributed by atoms with Crippen LogP contribution >= 0.6 is 23.1 Å². The zero-order valence-electron chi connectivity index (χ0n) is 13.0. The first kappa shape index (κ1) is 18.5. The van der Waals surface area contributed by atoms with E-state index >= 15 is 0 Å². The topological polar surface area (TPSA) is 47.6 Å². The number of hydrogen-bond donors (Lipinski definition) is 1. The quantitative estimate of drug-likeness (QED) is 0.724. The third-order valence-electron chi connectivity index (χ3n) is 2.99. The number of halogens is 2. The molecule has 0 unspecified atom stereocenters. The molecule has 0 saturated carbocycles. The summed E-state index contributed by atoms with van der Waals surface area (Å²) >= 11 is 3.20. The second-order valence-electron chi connectivity index (χ2n) is 4.71. The van der Waals surface area contributed by atoms with E-state index in [0.717, 1.165) is 11.3 Å². The molecule has 1 aromatic heterocycles. The third kappa shape index (κ3) is 6.01. The number of thioether (sulfide) groups is 1. The van der Waals surface area contributed by atoms with Gasteiger partial charge in [-0.1, -0.05) is 12.1 Å². The minimum absolute atomic E-state index is 0.0333. The van der Waals surface area contributed by atoms with Gasteiger partial charge in [0, 0.05) is 17.2 Å². The number of rotatable bonds is 9. The molecule has 130 valence electrons. The second kappa shape index (κ2) is 9.48. The van der Waals surface area contributed by atoms with Crippen LogP contribution in [0, 0.1) is 0 Å². The molecule has 1 heterocycles. The van der Waals surface area contributed by atoms with E-state index < -0.39 is 6.61 Å². The van der Waals surface area contributed by atoms with E-state index in [9.17, 15) is 13.6 Å². The fourth-order valence-electron chi connectivity index (χ4n) is 1.91. The van der Waals surface area contributed by atoms with Crippen molar-refractivity contribution in [3.8, 4) is 11.5 Å². The fourth-order valence-corrected chi connectivity index (χ4v) is 3.60. The largest absolute Gasteiger partial charge is 0.493 e. The van der Waals surface area contributed by atoms with E-state index in [1.807, 2.05) is 17.5 Å². The molecule has 0 fully saturated rings. The molecule has 0 aliphatic heterocycles. The lowest BCUT2D eigenvalue weighted by atomic mass is 10.2. The van der Waals surface area contributed by atoms with Crippen LogP contribution in [-0.2, 0) is 17.1 Å². The van der Waals surface area contributed by atoms with E-state index in [2.05, 4.69) is 10.1 Å². The van der Waals surface area contributed by atoms with E-state index in [4.69, 9.17) is 4.74 Å². The van der Waals surface area contributed by atoms with Crippen LogP contribution in [0.15, 0.2) is 35.7 Å². The highest BCUT2D eigenvalue weighted by molar-refractivity contribution is 7.99. The van der Waals surface area contributed by atoms with Crippen LogP contribution in [0.5, 0.6) is 11.5 Å². The maximum absolute atomic E-state index is 12.3. The van der Waals surface area contributed by atoms with Crippen molar-refractivity contribution in [1.82, 2.24) is 5.32 Å². The van der Waals surface area contributed by atoms with E-state index in [-0.39, 0.29) is 17.4 Å². The monoisotopic (exact) mass is 373 g/mol. The van der Waals surface area contributed by atoms with Crippen molar-refractivity contribution in [2.24, 2.45) is 0 Å². The summed E-state index contributed by atoms with van der Waals surface area (Å²) in [4.78, 5) is 13.1. The maximum atomic E-state index is 12.3. The highest BCUT2D eigenvalue weighted by Crippen LogP contribution is 2.29.